The highest BCUT2D eigenvalue weighted by molar-refractivity contribution is 7.14. The summed E-state index contributed by atoms with van der Waals surface area (Å²) >= 11 is 13.8. The van der Waals surface area contributed by atoms with Gasteiger partial charge in [0.2, 0.25) is 0 Å². The summed E-state index contributed by atoms with van der Waals surface area (Å²) in [6, 6.07) is 3.04. The minimum atomic E-state index is -0.421. The van der Waals surface area contributed by atoms with Gasteiger partial charge in [0.15, 0.2) is 5.82 Å². The maximum atomic E-state index is 13.9. The van der Waals surface area contributed by atoms with Crippen molar-refractivity contribution >= 4 is 45.4 Å². The third kappa shape index (κ3) is 2.08. The second kappa shape index (κ2) is 4.95. The molecule has 0 bridgehead atoms. The van der Waals surface area contributed by atoms with Gasteiger partial charge in [0.05, 0.1) is 20.8 Å². The maximum absolute atomic E-state index is 13.9. The molecule has 0 aliphatic rings. The molecule has 3 aromatic rings. The van der Waals surface area contributed by atoms with Crippen LogP contribution in [-0.2, 0) is 0 Å². The molecular weight excluding hydrogens is 318 g/mol. The molecule has 0 saturated carbocycles. The highest BCUT2D eigenvalue weighted by atomic mass is 35.5. The molecule has 102 valence electrons. The molecule has 1 aromatic carbocycles. The van der Waals surface area contributed by atoms with E-state index in [-0.39, 0.29) is 10.5 Å². The van der Waals surface area contributed by atoms with Gasteiger partial charge < -0.3 is 0 Å². The molecule has 0 aliphatic heterocycles. The van der Waals surface area contributed by atoms with Crippen LogP contribution in [0.2, 0.25) is 10.2 Å². The first-order valence-electron chi connectivity index (χ1n) is 5.85. The van der Waals surface area contributed by atoms with Crippen molar-refractivity contribution in [3.05, 3.63) is 44.6 Å². The predicted molar refractivity (Wildman–Crippen MR) is 82.3 cm³/mol. The third-order valence-electron chi connectivity index (χ3n) is 3.06. The van der Waals surface area contributed by atoms with Crippen molar-refractivity contribution in [1.82, 2.24) is 9.97 Å². The normalized spacial score (nSPS) is 11.2. The van der Waals surface area contributed by atoms with Gasteiger partial charge in [-0.05, 0) is 36.4 Å². The number of hydrogen-bond acceptors (Lipinski definition) is 3. The summed E-state index contributed by atoms with van der Waals surface area (Å²) in [6.07, 6.45) is 0. The average molecular weight is 327 g/mol. The SMILES string of the molecule is Cc1csc(-c2nc(Cl)c3c(F)ccc(C)c3n2)c1Cl. The Morgan fingerprint density at radius 3 is 2.50 bits per heavy atom. The quantitative estimate of drug-likeness (QED) is 0.558. The smallest absolute Gasteiger partial charge is 0.173 e. The van der Waals surface area contributed by atoms with E-state index in [9.17, 15) is 4.39 Å². The summed E-state index contributed by atoms with van der Waals surface area (Å²) in [7, 11) is 0. The fourth-order valence-corrected chi connectivity index (χ4v) is 3.44. The van der Waals surface area contributed by atoms with Crippen LogP contribution in [0.4, 0.5) is 4.39 Å². The van der Waals surface area contributed by atoms with E-state index in [0.29, 0.717) is 16.4 Å². The first kappa shape index (κ1) is 13.7. The van der Waals surface area contributed by atoms with Crippen LogP contribution in [0, 0.1) is 19.7 Å². The van der Waals surface area contributed by atoms with E-state index in [2.05, 4.69) is 9.97 Å². The molecule has 0 atom stereocenters. The molecule has 2 heterocycles. The molecule has 0 fully saturated rings. The van der Waals surface area contributed by atoms with Crippen molar-refractivity contribution in [2.24, 2.45) is 0 Å². The minimum absolute atomic E-state index is 0.105. The Kier molecular flexibility index (Phi) is 3.40. The summed E-state index contributed by atoms with van der Waals surface area (Å²) in [4.78, 5) is 9.37. The van der Waals surface area contributed by atoms with Crippen molar-refractivity contribution in [3.8, 4) is 10.7 Å². The van der Waals surface area contributed by atoms with Gasteiger partial charge in [0, 0.05) is 0 Å². The molecule has 0 saturated heterocycles. The Hall–Kier alpha value is -1.23. The second-order valence-electron chi connectivity index (χ2n) is 4.49. The first-order chi connectivity index (χ1) is 9.49. The Bertz CT molecular complexity index is 830. The van der Waals surface area contributed by atoms with Gasteiger partial charge in [-0.1, -0.05) is 29.3 Å². The van der Waals surface area contributed by atoms with Crippen molar-refractivity contribution in [1.29, 1.82) is 0 Å². The number of nitrogens with zero attached hydrogens (tertiary/aromatic N) is 2. The lowest BCUT2D eigenvalue weighted by Gasteiger charge is -2.07. The van der Waals surface area contributed by atoms with E-state index >= 15 is 0 Å². The molecule has 0 unspecified atom stereocenters. The second-order valence-corrected chi connectivity index (χ2v) is 6.10. The maximum Gasteiger partial charge on any atom is 0.173 e. The van der Waals surface area contributed by atoms with Crippen LogP contribution in [0.15, 0.2) is 17.5 Å². The predicted octanol–water partition coefficient (Wildman–Crippen LogP) is 5.42. The lowest BCUT2D eigenvalue weighted by Crippen LogP contribution is -1.95. The van der Waals surface area contributed by atoms with E-state index in [1.165, 1.54) is 17.4 Å². The van der Waals surface area contributed by atoms with Crippen LogP contribution in [0.25, 0.3) is 21.6 Å². The van der Waals surface area contributed by atoms with E-state index in [1.54, 1.807) is 6.07 Å². The molecular formula is C14H9Cl2FN2S. The highest BCUT2D eigenvalue weighted by Crippen LogP contribution is 2.36. The number of rotatable bonds is 1. The number of halogens is 3. The van der Waals surface area contributed by atoms with Gasteiger partial charge in [0.25, 0.3) is 0 Å². The molecule has 2 nitrogen and oxygen atoms in total. The zero-order valence-corrected chi connectivity index (χ0v) is 13.0. The van der Waals surface area contributed by atoms with Gasteiger partial charge in [-0.15, -0.1) is 11.3 Å². The molecule has 6 heteroatoms. The first-order valence-corrected chi connectivity index (χ1v) is 7.49. The summed E-state index contributed by atoms with van der Waals surface area (Å²) in [5.41, 5.74) is 2.32. The van der Waals surface area contributed by atoms with Gasteiger partial charge in [-0.3, -0.25) is 0 Å². The average Bonchev–Trinajstić information content (AvgIpc) is 2.74. The van der Waals surface area contributed by atoms with Crippen LogP contribution in [0.5, 0.6) is 0 Å². The molecule has 3 rings (SSSR count). The summed E-state index contributed by atoms with van der Waals surface area (Å²) in [5, 5.41) is 2.89. The Labute approximate surface area is 129 Å². The lowest BCUT2D eigenvalue weighted by atomic mass is 10.1. The Morgan fingerprint density at radius 2 is 1.85 bits per heavy atom. The van der Waals surface area contributed by atoms with Gasteiger partial charge in [-0.2, -0.15) is 0 Å². The van der Waals surface area contributed by atoms with Gasteiger partial charge >= 0.3 is 0 Å². The Balaban J connectivity index is 2.35. The topological polar surface area (TPSA) is 25.8 Å². The van der Waals surface area contributed by atoms with Crippen LogP contribution >= 0.6 is 34.5 Å². The van der Waals surface area contributed by atoms with E-state index in [1.807, 2.05) is 19.2 Å². The van der Waals surface area contributed by atoms with Crippen molar-refractivity contribution in [3.63, 3.8) is 0 Å². The fraction of sp³-hybridized carbons (Fsp3) is 0.143. The third-order valence-corrected chi connectivity index (χ3v) is 5.03. The largest absolute Gasteiger partial charge is 0.227 e. The number of hydrogen-bond donors (Lipinski definition) is 0. The van der Waals surface area contributed by atoms with Gasteiger partial charge in [-0.25, -0.2) is 14.4 Å². The molecule has 0 amide bonds. The van der Waals surface area contributed by atoms with Crippen molar-refractivity contribution < 1.29 is 4.39 Å². The van der Waals surface area contributed by atoms with E-state index in [0.717, 1.165) is 16.0 Å². The minimum Gasteiger partial charge on any atom is -0.227 e. The molecule has 0 aliphatic carbocycles. The summed E-state index contributed by atoms with van der Waals surface area (Å²) in [6.45, 7) is 3.77. The molecule has 2 aromatic heterocycles. The summed E-state index contributed by atoms with van der Waals surface area (Å²) in [5.74, 6) is 0.00917. The van der Waals surface area contributed by atoms with E-state index < -0.39 is 5.82 Å². The van der Waals surface area contributed by atoms with Gasteiger partial charge in [0.1, 0.15) is 11.0 Å². The standard InChI is InChI=1S/C14H9Cl2FN2S/c1-6-3-4-8(17)9-11(6)18-14(19-13(9)16)12-10(15)7(2)5-20-12/h3-5H,1-2H3. The number of aryl methyl sites for hydroxylation is 2. The molecule has 20 heavy (non-hydrogen) atoms. The molecule has 0 radical (unpaired) electrons. The number of aromatic nitrogens is 2. The van der Waals surface area contributed by atoms with Crippen molar-refractivity contribution in [2.45, 2.75) is 13.8 Å². The Morgan fingerprint density at radius 1 is 1.10 bits per heavy atom. The summed E-state index contributed by atoms with van der Waals surface area (Å²) < 4.78 is 13.9. The zero-order valence-electron chi connectivity index (χ0n) is 10.7. The van der Waals surface area contributed by atoms with Crippen molar-refractivity contribution in [2.75, 3.05) is 0 Å². The monoisotopic (exact) mass is 326 g/mol. The van der Waals surface area contributed by atoms with E-state index in [4.69, 9.17) is 23.2 Å². The van der Waals surface area contributed by atoms with Crippen LogP contribution in [0.1, 0.15) is 11.1 Å². The zero-order chi connectivity index (χ0) is 14.4. The highest BCUT2D eigenvalue weighted by Gasteiger charge is 2.17. The van der Waals surface area contributed by atoms with Crippen LogP contribution in [0.3, 0.4) is 0 Å². The fourth-order valence-electron chi connectivity index (χ4n) is 1.97. The lowest BCUT2D eigenvalue weighted by molar-refractivity contribution is 0.639. The van der Waals surface area contributed by atoms with Crippen LogP contribution < -0.4 is 0 Å². The molecule has 0 spiro atoms. The number of thiophene rings is 1. The van der Waals surface area contributed by atoms with Crippen LogP contribution in [-0.4, -0.2) is 9.97 Å². The molecule has 0 N–H and O–H groups in total. The number of fused-ring (bicyclic) bond motifs is 1. The number of benzene rings is 1.